The Kier molecular flexibility index (Phi) is 51.9. The van der Waals surface area contributed by atoms with E-state index < -0.39 is 6.10 Å². The van der Waals surface area contributed by atoms with Gasteiger partial charge in [0.05, 0.1) is 6.61 Å². The van der Waals surface area contributed by atoms with E-state index in [0.717, 1.165) is 89.9 Å². The molecule has 0 aliphatic heterocycles. The van der Waals surface area contributed by atoms with E-state index in [1.807, 2.05) is 0 Å². The van der Waals surface area contributed by atoms with Crippen molar-refractivity contribution < 1.29 is 23.8 Å². The number of carbonyl (C=O) groups is 2. The van der Waals surface area contributed by atoms with Crippen LogP contribution in [-0.4, -0.2) is 37.9 Å². The third-order valence-electron chi connectivity index (χ3n) is 11.4. The van der Waals surface area contributed by atoms with Crippen molar-refractivity contribution in [3.05, 3.63) is 85.1 Å². The van der Waals surface area contributed by atoms with Crippen LogP contribution in [0.25, 0.3) is 0 Å². The summed E-state index contributed by atoms with van der Waals surface area (Å²) in [5.74, 6) is -0.442. The molecule has 1 unspecified atom stereocenters. The number of hydrogen-bond acceptors (Lipinski definition) is 5. The van der Waals surface area contributed by atoms with Gasteiger partial charge >= 0.3 is 11.9 Å². The van der Waals surface area contributed by atoms with E-state index in [2.05, 4.69) is 106 Å². The first kappa shape index (κ1) is 61.1. The van der Waals surface area contributed by atoms with E-state index in [4.69, 9.17) is 14.2 Å². The molecule has 5 nitrogen and oxygen atoms in total. The molecule has 0 fully saturated rings. The van der Waals surface area contributed by atoms with Crippen LogP contribution in [0.15, 0.2) is 85.1 Å². The first-order valence-corrected chi connectivity index (χ1v) is 27.1. The summed E-state index contributed by atoms with van der Waals surface area (Å²) in [4.78, 5) is 25.4. The highest BCUT2D eigenvalue weighted by Gasteiger charge is 2.17. The lowest BCUT2D eigenvalue weighted by Gasteiger charge is -2.18. The summed E-state index contributed by atoms with van der Waals surface area (Å²) in [5.41, 5.74) is 0. The Bertz CT molecular complexity index is 1190. The molecule has 368 valence electrons. The van der Waals surface area contributed by atoms with E-state index in [-0.39, 0.29) is 25.2 Å². The molecular formula is C59H102O5. The molecule has 1 atom stereocenters. The Morgan fingerprint density at radius 3 is 1.14 bits per heavy atom. The molecule has 5 heteroatoms. The maximum absolute atomic E-state index is 12.8. The summed E-state index contributed by atoms with van der Waals surface area (Å²) in [6.45, 7) is 7.62. The smallest absolute Gasteiger partial charge is 0.306 e. The van der Waals surface area contributed by atoms with Crippen molar-refractivity contribution in [2.75, 3.05) is 19.8 Å². The molecule has 0 aliphatic carbocycles. The zero-order valence-corrected chi connectivity index (χ0v) is 42.3. The van der Waals surface area contributed by atoms with Crippen molar-refractivity contribution in [1.82, 2.24) is 0 Å². The Morgan fingerprint density at radius 2 is 0.703 bits per heavy atom. The van der Waals surface area contributed by atoms with Gasteiger partial charge in [-0.1, -0.05) is 209 Å². The molecule has 0 amide bonds. The number of ether oxygens (including phenoxy) is 3. The van der Waals surface area contributed by atoms with Gasteiger partial charge in [0, 0.05) is 19.4 Å². The fourth-order valence-electron chi connectivity index (χ4n) is 7.35. The van der Waals surface area contributed by atoms with Gasteiger partial charge in [-0.3, -0.25) is 9.59 Å². The zero-order valence-electron chi connectivity index (χ0n) is 42.3. The second kappa shape index (κ2) is 54.4. The molecule has 0 N–H and O–H groups in total. The van der Waals surface area contributed by atoms with Crippen LogP contribution in [0.5, 0.6) is 0 Å². The van der Waals surface area contributed by atoms with Crippen molar-refractivity contribution in [1.29, 1.82) is 0 Å². The SMILES string of the molecule is CC/C=C\C/C=C\C/C=C\CCCCCC(=O)OC(COCCCCCCCCCC/C=C\C/C=C\CCCCC)COC(=O)CCCCCCCCC/C=C\C/C=C\CCCCC. The lowest BCUT2D eigenvalue weighted by molar-refractivity contribution is -0.163. The minimum Gasteiger partial charge on any atom is -0.462 e. The third-order valence-corrected chi connectivity index (χ3v) is 11.4. The van der Waals surface area contributed by atoms with E-state index in [0.29, 0.717) is 19.4 Å². The average molecular weight is 891 g/mol. The van der Waals surface area contributed by atoms with Crippen molar-refractivity contribution in [2.24, 2.45) is 0 Å². The largest absolute Gasteiger partial charge is 0.462 e. The summed E-state index contributed by atoms with van der Waals surface area (Å²) in [5, 5.41) is 0. The molecular weight excluding hydrogens is 789 g/mol. The second-order valence-electron chi connectivity index (χ2n) is 17.7. The lowest BCUT2D eigenvalue weighted by Crippen LogP contribution is -2.30. The van der Waals surface area contributed by atoms with Crippen molar-refractivity contribution >= 4 is 11.9 Å². The molecule has 0 spiro atoms. The van der Waals surface area contributed by atoms with Crippen LogP contribution in [0.3, 0.4) is 0 Å². The Morgan fingerprint density at radius 1 is 0.359 bits per heavy atom. The topological polar surface area (TPSA) is 61.8 Å². The van der Waals surface area contributed by atoms with Gasteiger partial charge in [0.2, 0.25) is 0 Å². The normalized spacial score (nSPS) is 12.9. The van der Waals surface area contributed by atoms with Gasteiger partial charge in [-0.25, -0.2) is 0 Å². The van der Waals surface area contributed by atoms with Crippen LogP contribution >= 0.6 is 0 Å². The molecule has 0 aliphatic rings. The molecule has 64 heavy (non-hydrogen) atoms. The third kappa shape index (κ3) is 51.7. The van der Waals surface area contributed by atoms with Gasteiger partial charge in [0.15, 0.2) is 6.10 Å². The first-order chi connectivity index (χ1) is 31.6. The second-order valence-corrected chi connectivity index (χ2v) is 17.7. The fraction of sp³-hybridized carbons (Fsp3) is 0.729. The van der Waals surface area contributed by atoms with Crippen LogP contribution in [0, 0.1) is 0 Å². The van der Waals surface area contributed by atoms with Crippen LogP contribution in [0.4, 0.5) is 0 Å². The number of carbonyl (C=O) groups excluding carboxylic acids is 2. The molecule has 0 heterocycles. The fourth-order valence-corrected chi connectivity index (χ4v) is 7.35. The highest BCUT2D eigenvalue weighted by atomic mass is 16.6. The Hall–Kier alpha value is -2.92. The van der Waals surface area contributed by atoms with Crippen LogP contribution in [-0.2, 0) is 23.8 Å². The van der Waals surface area contributed by atoms with Crippen LogP contribution in [0.2, 0.25) is 0 Å². The molecule has 0 aromatic carbocycles. The first-order valence-electron chi connectivity index (χ1n) is 27.1. The highest BCUT2D eigenvalue weighted by molar-refractivity contribution is 5.70. The molecule has 0 bridgehead atoms. The van der Waals surface area contributed by atoms with Gasteiger partial charge in [0.1, 0.15) is 6.61 Å². The zero-order chi connectivity index (χ0) is 46.3. The molecule has 0 aromatic heterocycles. The van der Waals surface area contributed by atoms with E-state index in [9.17, 15) is 9.59 Å². The minimum absolute atomic E-state index is 0.0639. The number of esters is 2. The number of hydrogen-bond donors (Lipinski definition) is 0. The minimum atomic E-state index is -0.561. The van der Waals surface area contributed by atoms with E-state index in [1.165, 1.54) is 128 Å². The van der Waals surface area contributed by atoms with Crippen molar-refractivity contribution in [2.45, 2.75) is 258 Å². The quantitative estimate of drug-likeness (QED) is 0.0346. The monoisotopic (exact) mass is 891 g/mol. The maximum atomic E-state index is 12.8. The van der Waals surface area contributed by atoms with Gasteiger partial charge in [-0.15, -0.1) is 0 Å². The van der Waals surface area contributed by atoms with Crippen molar-refractivity contribution in [3.8, 4) is 0 Å². The standard InChI is InChI=1S/C59H102O5/c1-4-7-10-13-16-19-22-25-27-29-31-33-36-39-42-45-48-51-54-62-55-57(64-59(61)53-50-47-44-41-38-34-24-21-18-15-12-9-6-3)56-63-58(60)52-49-46-43-40-37-35-32-30-28-26-23-20-17-14-11-8-5-2/h9,12,16-21,25-28,34,38,57H,4-8,10-11,13-15,22-24,29-33,35-37,39-56H2,1-3H3/b12-9-,19-16-,20-17-,21-18-,27-25-,28-26-,38-34-. The Balaban J connectivity index is 4.31. The predicted molar refractivity (Wildman–Crippen MR) is 279 cm³/mol. The predicted octanol–water partition coefficient (Wildman–Crippen LogP) is 18.5. The lowest BCUT2D eigenvalue weighted by atomic mass is 10.1. The molecule has 0 rings (SSSR count). The van der Waals surface area contributed by atoms with Crippen molar-refractivity contribution in [3.63, 3.8) is 0 Å². The summed E-state index contributed by atoms with van der Waals surface area (Å²) in [6, 6.07) is 0. The summed E-state index contributed by atoms with van der Waals surface area (Å²) < 4.78 is 17.4. The van der Waals surface area contributed by atoms with Crippen LogP contribution in [0.1, 0.15) is 252 Å². The van der Waals surface area contributed by atoms with E-state index in [1.54, 1.807) is 0 Å². The molecule has 0 saturated heterocycles. The number of allylic oxidation sites excluding steroid dienone is 14. The van der Waals surface area contributed by atoms with E-state index >= 15 is 0 Å². The van der Waals surface area contributed by atoms with Gasteiger partial charge in [-0.2, -0.15) is 0 Å². The summed E-state index contributed by atoms with van der Waals surface area (Å²) >= 11 is 0. The van der Waals surface area contributed by atoms with Gasteiger partial charge in [0.25, 0.3) is 0 Å². The molecule has 0 aromatic rings. The maximum Gasteiger partial charge on any atom is 0.306 e. The van der Waals surface area contributed by atoms with Gasteiger partial charge in [-0.05, 0) is 116 Å². The summed E-state index contributed by atoms with van der Waals surface area (Å²) in [6.07, 6.45) is 71.7. The molecule has 0 saturated carbocycles. The average Bonchev–Trinajstić information content (AvgIpc) is 3.30. The van der Waals surface area contributed by atoms with Crippen LogP contribution < -0.4 is 0 Å². The summed E-state index contributed by atoms with van der Waals surface area (Å²) in [7, 11) is 0. The molecule has 0 radical (unpaired) electrons. The number of rotatable bonds is 49. The highest BCUT2D eigenvalue weighted by Crippen LogP contribution is 2.14. The number of unbranched alkanes of at least 4 members (excludes halogenated alkanes) is 24. The Labute approximate surface area is 397 Å². The van der Waals surface area contributed by atoms with Gasteiger partial charge < -0.3 is 14.2 Å².